The van der Waals surface area contributed by atoms with Crippen LogP contribution in [0.2, 0.25) is 0 Å². The molecule has 0 unspecified atom stereocenters. The van der Waals surface area contributed by atoms with Crippen LogP contribution in [0, 0.1) is 5.82 Å². The van der Waals surface area contributed by atoms with Gasteiger partial charge in [-0.25, -0.2) is 14.2 Å². The van der Waals surface area contributed by atoms with Gasteiger partial charge in [-0.15, -0.1) is 24.8 Å². The van der Waals surface area contributed by atoms with Crippen LogP contribution in [0.5, 0.6) is 5.75 Å². The van der Waals surface area contributed by atoms with Crippen LogP contribution in [0.25, 0.3) is 0 Å². The second-order valence-electron chi connectivity index (χ2n) is 2.75. The zero-order valence-electron chi connectivity index (χ0n) is 7.89. The molecule has 4 nitrogen and oxygen atoms in total. The van der Waals surface area contributed by atoms with Crippen molar-refractivity contribution in [1.29, 1.82) is 0 Å². The molecular formula is C8H4ClF4NO3. The summed E-state index contributed by atoms with van der Waals surface area (Å²) in [6, 6.07) is 0.279. The molecule has 0 aromatic carbocycles. The fourth-order valence-corrected chi connectivity index (χ4v) is 1.15. The molecule has 0 spiro atoms. The third-order valence-electron chi connectivity index (χ3n) is 1.57. The topological polar surface area (TPSA) is 59.4 Å². The van der Waals surface area contributed by atoms with Gasteiger partial charge in [0.05, 0.1) is 11.6 Å². The molecule has 0 bridgehead atoms. The molecule has 1 aromatic rings. The maximum Gasteiger partial charge on any atom is 0.573 e. The average Bonchev–Trinajstić information content (AvgIpc) is 2.14. The number of alkyl halides is 4. The van der Waals surface area contributed by atoms with E-state index in [4.69, 9.17) is 16.7 Å². The second-order valence-corrected chi connectivity index (χ2v) is 3.02. The van der Waals surface area contributed by atoms with Crippen molar-refractivity contribution in [3.63, 3.8) is 0 Å². The first-order valence-electron chi connectivity index (χ1n) is 3.99. The lowest BCUT2D eigenvalue weighted by molar-refractivity contribution is -0.274. The molecule has 0 aliphatic heterocycles. The summed E-state index contributed by atoms with van der Waals surface area (Å²) in [4.78, 5) is 13.8. The summed E-state index contributed by atoms with van der Waals surface area (Å²) in [5.74, 6) is -4.66. The fourth-order valence-electron chi connectivity index (χ4n) is 0.960. The molecule has 9 heteroatoms. The predicted octanol–water partition coefficient (Wildman–Crippen LogP) is 2.56. The van der Waals surface area contributed by atoms with E-state index in [0.29, 0.717) is 0 Å². The van der Waals surface area contributed by atoms with E-state index in [2.05, 4.69) is 9.72 Å². The molecule has 1 aromatic heterocycles. The van der Waals surface area contributed by atoms with Crippen LogP contribution >= 0.6 is 11.6 Å². The second kappa shape index (κ2) is 4.74. The highest BCUT2D eigenvalue weighted by Crippen LogP contribution is 2.27. The largest absolute Gasteiger partial charge is 0.573 e. The fraction of sp³-hybridized carbons (Fsp3) is 0.250. The zero-order valence-corrected chi connectivity index (χ0v) is 8.64. The number of aromatic carboxylic acids is 1. The van der Waals surface area contributed by atoms with Crippen LogP contribution in [0.15, 0.2) is 6.07 Å². The minimum absolute atomic E-state index is 0.279. The van der Waals surface area contributed by atoms with Gasteiger partial charge in [0.2, 0.25) is 0 Å². The van der Waals surface area contributed by atoms with Crippen molar-refractivity contribution in [3.05, 3.63) is 23.3 Å². The highest BCUT2D eigenvalue weighted by molar-refractivity contribution is 6.16. The van der Waals surface area contributed by atoms with Gasteiger partial charge in [0.15, 0.2) is 11.4 Å². The summed E-state index contributed by atoms with van der Waals surface area (Å²) in [5, 5.41) is 8.60. The Bertz CT molecular complexity index is 449. The maximum absolute atomic E-state index is 13.1. The van der Waals surface area contributed by atoms with Crippen molar-refractivity contribution in [2.24, 2.45) is 0 Å². The number of pyridine rings is 1. The van der Waals surface area contributed by atoms with Gasteiger partial charge >= 0.3 is 12.3 Å². The number of hydrogen-bond donors (Lipinski definition) is 1. The first kappa shape index (κ1) is 13.5. The van der Waals surface area contributed by atoms with Crippen molar-refractivity contribution >= 4 is 17.6 Å². The Morgan fingerprint density at radius 1 is 1.53 bits per heavy atom. The van der Waals surface area contributed by atoms with Crippen molar-refractivity contribution in [1.82, 2.24) is 4.98 Å². The summed E-state index contributed by atoms with van der Waals surface area (Å²) in [6.45, 7) is 0. The standard InChI is InChI=1S/C8H4ClF4NO3/c9-2-4-3(10)1-5(17-8(11,12)13)6(14-4)7(15)16/h1H,2H2,(H,15,16). The number of nitrogens with zero attached hydrogens (tertiary/aromatic N) is 1. The molecule has 94 valence electrons. The summed E-state index contributed by atoms with van der Waals surface area (Å²) in [6.07, 6.45) is -5.14. The lowest BCUT2D eigenvalue weighted by atomic mass is 10.2. The van der Waals surface area contributed by atoms with E-state index in [-0.39, 0.29) is 6.07 Å². The molecule has 1 rings (SSSR count). The molecule has 1 N–H and O–H groups in total. The highest BCUT2D eigenvalue weighted by Gasteiger charge is 2.34. The van der Waals surface area contributed by atoms with Crippen molar-refractivity contribution in [2.75, 3.05) is 0 Å². The van der Waals surface area contributed by atoms with Gasteiger partial charge in [-0.05, 0) is 0 Å². The Balaban J connectivity index is 3.28. The van der Waals surface area contributed by atoms with Gasteiger partial charge in [0.25, 0.3) is 0 Å². The van der Waals surface area contributed by atoms with E-state index in [1.807, 2.05) is 0 Å². The summed E-state index contributed by atoms with van der Waals surface area (Å²) in [7, 11) is 0. The number of ether oxygens (including phenoxy) is 1. The van der Waals surface area contributed by atoms with E-state index < -0.39 is 41.2 Å². The van der Waals surface area contributed by atoms with Gasteiger partial charge in [-0.1, -0.05) is 0 Å². The molecular weight excluding hydrogens is 270 g/mol. The molecule has 17 heavy (non-hydrogen) atoms. The molecule has 0 saturated heterocycles. The van der Waals surface area contributed by atoms with Gasteiger partial charge < -0.3 is 9.84 Å². The third-order valence-corrected chi connectivity index (χ3v) is 1.82. The average molecular weight is 274 g/mol. The quantitative estimate of drug-likeness (QED) is 0.679. The van der Waals surface area contributed by atoms with Crippen LogP contribution in [-0.4, -0.2) is 22.4 Å². The van der Waals surface area contributed by atoms with Crippen LogP contribution in [0.4, 0.5) is 17.6 Å². The van der Waals surface area contributed by atoms with Crippen LogP contribution in [-0.2, 0) is 5.88 Å². The molecule has 1 heterocycles. The van der Waals surface area contributed by atoms with Crippen LogP contribution in [0.3, 0.4) is 0 Å². The van der Waals surface area contributed by atoms with E-state index in [1.54, 1.807) is 0 Å². The number of rotatable bonds is 3. The lowest BCUT2D eigenvalue weighted by Gasteiger charge is -2.11. The summed E-state index contributed by atoms with van der Waals surface area (Å²) in [5.41, 5.74) is -1.53. The number of aromatic nitrogens is 1. The number of halogens is 5. The molecule has 0 amide bonds. The normalized spacial score (nSPS) is 11.4. The maximum atomic E-state index is 13.1. The molecule has 0 aliphatic rings. The van der Waals surface area contributed by atoms with Crippen LogP contribution < -0.4 is 4.74 Å². The number of carboxylic acids is 1. The molecule has 0 aliphatic carbocycles. The molecule has 0 fully saturated rings. The number of carbonyl (C=O) groups is 1. The van der Waals surface area contributed by atoms with Crippen molar-refractivity contribution < 1.29 is 32.2 Å². The van der Waals surface area contributed by atoms with Gasteiger partial charge in [-0.3, -0.25) is 0 Å². The SMILES string of the molecule is O=C(O)c1nc(CCl)c(F)cc1OC(F)(F)F. The van der Waals surface area contributed by atoms with Gasteiger partial charge in [-0.2, -0.15) is 0 Å². The van der Waals surface area contributed by atoms with E-state index in [1.165, 1.54) is 0 Å². The zero-order chi connectivity index (χ0) is 13.2. The van der Waals surface area contributed by atoms with E-state index in [0.717, 1.165) is 0 Å². The Hall–Kier alpha value is -1.57. The third kappa shape index (κ3) is 3.45. The smallest absolute Gasteiger partial charge is 0.476 e. The van der Waals surface area contributed by atoms with E-state index in [9.17, 15) is 22.4 Å². The van der Waals surface area contributed by atoms with Gasteiger partial charge in [0.1, 0.15) is 5.82 Å². The van der Waals surface area contributed by atoms with Crippen molar-refractivity contribution in [2.45, 2.75) is 12.2 Å². The predicted molar refractivity (Wildman–Crippen MR) is 47.4 cm³/mol. The first-order chi connectivity index (χ1) is 7.74. The summed E-state index contributed by atoms with van der Waals surface area (Å²) >= 11 is 5.24. The van der Waals surface area contributed by atoms with Crippen LogP contribution in [0.1, 0.15) is 16.2 Å². The Kier molecular flexibility index (Phi) is 3.76. The number of hydrogen-bond acceptors (Lipinski definition) is 3. The minimum atomic E-state index is -5.14. The monoisotopic (exact) mass is 273 g/mol. The highest BCUT2D eigenvalue weighted by atomic mass is 35.5. The van der Waals surface area contributed by atoms with Crippen molar-refractivity contribution in [3.8, 4) is 5.75 Å². The molecule has 0 radical (unpaired) electrons. The molecule has 0 atom stereocenters. The lowest BCUT2D eigenvalue weighted by Crippen LogP contribution is -2.20. The molecule has 0 saturated carbocycles. The van der Waals surface area contributed by atoms with E-state index >= 15 is 0 Å². The number of carboxylic acid groups (broad SMARTS) is 1. The minimum Gasteiger partial charge on any atom is -0.476 e. The Morgan fingerprint density at radius 2 is 2.12 bits per heavy atom. The summed E-state index contributed by atoms with van der Waals surface area (Å²) < 4.78 is 52.2. The first-order valence-corrected chi connectivity index (χ1v) is 4.52. The Morgan fingerprint density at radius 3 is 2.53 bits per heavy atom. The Labute approximate surface area is 96.8 Å². The van der Waals surface area contributed by atoms with Gasteiger partial charge in [0, 0.05) is 6.07 Å².